The fourth-order valence-electron chi connectivity index (χ4n) is 2.37. The number of halogens is 18. The molecule has 1 nitrogen and oxygen atoms in total. The van der Waals surface area contributed by atoms with Gasteiger partial charge in [-0.2, -0.15) is 79.0 Å². The van der Waals surface area contributed by atoms with E-state index in [2.05, 4.69) is 4.74 Å². The first-order valence-electron chi connectivity index (χ1n) is 7.19. The van der Waals surface area contributed by atoms with Crippen molar-refractivity contribution in [3.8, 4) is 0 Å². The lowest BCUT2D eigenvalue weighted by Gasteiger charge is -2.39. The summed E-state index contributed by atoms with van der Waals surface area (Å²) in [6.45, 7) is -4.86. The van der Waals surface area contributed by atoms with Crippen LogP contribution in [0.25, 0.3) is 0 Å². The van der Waals surface area contributed by atoms with Crippen LogP contribution in [0, 0.1) is 10.8 Å². The van der Waals surface area contributed by atoms with E-state index < -0.39 is 73.9 Å². The van der Waals surface area contributed by atoms with E-state index in [1.165, 1.54) is 0 Å². The lowest BCUT2D eigenvalue weighted by atomic mass is 9.81. The summed E-state index contributed by atoms with van der Waals surface area (Å²) in [5, 5.41) is 0. The standard InChI is InChI=1S/C12H8F18O/c13-7(14,15)5(8(16,17)18,9(19,20)21)1-3-31-4-2-6(10(22,23)24,11(25,26)27)12(28,29)30/h1-4H2. The zero-order chi connectivity index (χ0) is 25.5. The van der Waals surface area contributed by atoms with Crippen molar-refractivity contribution in [2.75, 3.05) is 13.2 Å². The molecule has 188 valence electrons. The summed E-state index contributed by atoms with van der Waals surface area (Å²) in [5.74, 6) is 0. The molecule has 0 spiro atoms. The van der Waals surface area contributed by atoms with Crippen LogP contribution < -0.4 is 0 Å². The highest BCUT2D eigenvalue weighted by atomic mass is 19.4. The minimum Gasteiger partial charge on any atom is -0.381 e. The van der Waals surface area contributed by atoms with Crippen molar-refractivity contribution in [3.05, 3.63) is 0 Å². The van der Waals surface area contributed by atoms with Crippen molar-refractivity contribution in [3.63, 3.8) is 0 Å². The number of alkyl halides is 18. The molecule has 0 N–H and O–H groups in total. The molecule has 0 aliphatic heterocycles. The van der Waals surface area contributed by atoms with Crippen molar-refractivity contribution < 1.29 is 83.8 Å². The second-order valence-corrected chi connectivity index (χ2v) is 5.91. The van der Waals surface area contributed by atoms with Crippen LogP contribution in [0.1, 0.15) is 12.8 Å². The first-order valence-corrected chi connectivity index (χ1v) is 7.19. The Hall–Kier alpha value is -1.30. The van der Waals surface area contributed by atoms with Gasteiger partial charge in [0.15, 0.2) is 0 Å². The van der Waals surface area contributed by atoms with E-state index in [0.717, 1.165) is 0 Å². The van der Waals surface area contributed by atoms with E-state index in [4.69, 9.17) is 0 Å². The van der Waals surface area contributed by atoms with E-state index in [9.17, 15) is 79.0 Å². The summed E-state index contributed by atoms with van der Waals surface area (Å²) >= 11 is 0. The SMILES string of the molecule is FC(F)(F)C(CCOCCC(C(F)(F)F)(C(F)(F)F)C(F)(F)F)(C(F)(F)F)C(F)(F)F. The molecule has 0 radical (unpaired) electrons. The Morgan fingerprint density at radius 1 is 0.323 bits per heavy atom. The zero-order valence-corrected chi connectivity index (χ0v) is 14.0. The van der Waals surface area contributed by atoms with Gasteiger partial charge in [-0.05, 0) is 0 Å². The van der Waals surface area contributed by atoms with Crippen LogP contribution in [0.15, 0.2) is 0 Å². The smallest absolute Gasteiger partial charge is 0.381 e. The summed E-state index contributed by atoms with van der Waals surface area (Å²) in [7, 11) is 0. The van der Waals surface area contributed by atoms with Gasteiger partial charge in [0.1, 0.15) is 0 Å². The number of ether oxygens (including phenoxy) is 1. The monoisotopic (exact) mass is 510 g/mol. The molecule has 0 amide bonds. The first kappa shape index (κ1) is 29.7. The minimum atomic E-state index is -7.10. The molecule has 0 aromatic carbocycles. The Labute approximate surface area is 159 Å². The molecule has 0 aliphatic carbocycles. The van der Waals surface area contributed by atoms with Gasteiger partial charge in [0.2, 0.25) is 0 Å². The zero-order valence-electron chi connectivity index (χ0n) is 14.0. The average Bonchev–Trinajstić information content (AvgIpc) is 2.37. The third-order valence-electron chi connectivity index (χ3n) is 4.15. The quantitative estimate of drug-likeness (QED) is 0.273. The molecule has 0 saturated carbocycles. The maximum atomic E-state index is 12.6. The van der Waals surface area contributed by atoms with Crippen LogP contribution in [0.3, 0.4) is 0 Å². The lowest BCUT2D eigenvalue weighted by molar-refractivity contribution is -0.431. The van der Waals surface area contributed by atoms with Gasteiger partial charge in [-0.15, -0.1) is 0 Å². The highest BCUT2D eigenvalue weighted by molar-refractivity contribution is 5.00. The van der Waals surface area contributed by atoms with Crippen LogP contribution in [-0.2, 0) is 4.74 Å². The predicted octanol–water partition coefficient (Wildman–Crippen LogP) is 7.13. The summed E-state index contributed by atoms with van der Waals surface area (Å²) in [4.78, 5) is 0. The van der Waals surface area contributed by atoms with Gasteiger partial charge in [-0.25, -0.2) is 0 Å². The van der Waals surface area contributed by atoms with Crippen LogP contribution in [-0.4, -0.2) is 50.3 Å². The molecule has 19 heteroatoms. The maximum absolute atomic E-state index is 12.6. The predicted molar refractivity (Wildman–Crippen MR) is 61.2 cm³/mol. The van der Waals surface area contributed by atoms with Crippen LogP contribution in [0.4, 0.5) is 79.0 Å². The van der Waals surface area contributed by atoms with Crippen LogP contribution in [0.2, 0.25) is 0 Å². The second-order valence-electron chi connectivity index (χ2n) is 5.91. The number of hydrogen-bond donors (Lipinski definition) is 0. The van der Waals surface area contributed by atoms with E-state index in [-0.39, 0.29) is 0 Å². The molecular weight excluding hydrogens is 502 g/mol. The van der Waals surface area contributed by atoms with Gasteiger partial charge in [0.05, 0.1) is 0 Å². The molecule has 0 aromatic rings. The van der Waals surface area contributed by atoms with Gasteiger partial charge in [0.25, 0.3) is 10.8 Å². The number of rotatable bonds is 6. The minimum absolute atomic E-state index is 2.43. The van der Waals surface area contributed by atoms with E-state index >= 15 is 0 Å². The number of hydrogen-bond acceptors (Lipinski definition) is 1. The molecule has 0 rings (SSSR count). The molecule has 0 atom stereocenters. The summed E-state index contributed by atoms with van der Waals surface area (Å²) in [6.07, 6.45) is -48.8. The Kier molecular flexibility index (Phi) is 7.89. The maximum Gasteiger partial charge on any atom is 0.412 e. The highest BCUT2D eigenvalue weighted by Gasteiger charge is 2.84. The Balaban J connectivity index is 5.77. The van der Waals surface area contributed by atoms with Gasteiger partial charge in [0, 0.05) is 26.1 Å². The molecule has 0 aromatic heterocycles. The fourth-order valence-corrected chi connectivity index (χ4v) is 2.37. The highest BCUT2D eigenvalue weighted by Crippen LogP contribution is 2.62. The van der Waals surface area contributed by atoms with E-state index in [0.29, 0.717) is 0 Å². The topological polar surface area (TPSA) is 9.23 Å². The lowest BCUT2D eigenvalue weighted by Crippen LogP contribution is -2.60. The van der Waals surface area contributed by atoms with Crippen molar-refractivity contribution in [1.29, 1.82) is 0 Å². The van der Waals surface area contributed by atoms with Crippen molar-refractivity contribution in [1.82, 2.24) is 0 Å². The Morgan fingerprint density at radius 3 is 0.613 bits per heavy atom. The summed E-state index contributed by atoms with van der Waals surface area (Å²) in [6, 6.07) is 0. The second kappa shape index (κ2) is 8.24. The van der Waals surface area contributed by atoms with Gasteiger partial charge in [-0.3, -0.25) is 0 Å². The third-order valence-corrected chi connectivity index (χ3v) is 4.15. The van der Waals surface area contributed by atoms with Crippen molar-refractivity contribution in [2.45, 2.75) is 49.9 Å². The summed E-state index contributed by atoms with van der Waals surface area (Å²) < 4.78 is 230. The van der Waals surface area contributed by atoms with Crippen LogP contribution >= 0.6 is 0 Å². The summed E-state index contributed by atoms with van der Waals surface area (Å²) in [5.41, 5.74) is -13.0. The molecule has 0 fully saturated rings. The molecule has 0 heterocycles. The Bertz CT molecular complexity index is 458. The molecular formula is C12H8F18O. The molecule has 0 saturated heterocycles. The van der Waals surface area contributed by atoms with Gasteiger partial charge in [-0.1, -0.05) is 0 Å². The van der Waals surface area contributed by atoms with Crippen LogP contribution in [0.5, 0.6) is 0 Å². The normalized spacial score (nSPS) is 16.1. The molecule has 31 heavy (non-hydrogen) atoms. The van der Waals surface area contributed by atoms with Crippen molar-refractivity contribution >= 4 is 0 Å². The largest absolute Gasteiger partial charge is 0.412 e. The molecule has 0 unspecified atom stereocenters. The first-order chi connectivity index (χ1) is 13.2. The van der Waals surface area contributed by atoms with Gasteiger partial charge < -0.3 is 4.74 Å². The van der Waals surface area contributed by atoms with Crippen molar-refractivity contribution in [2.24, 2.45) is 10.8 Å². The van der Waals surface area contributed by atoms with E-state index in [1.807, 2.05) is 0 Å². The Morgan fingerprint density at radius 2 is 0.484 bits per heavy atom. The fraction of sp³-hybridized carbons (Fsp3) is 1.00. The molecule has 0 aliphatic rings. The molecule has 0 bridgehead atoms. The third kappa shape index (κ3) is 5.20. The van der Waals surface area contributed by atoms with Gasteiger partial charge >= 0.3 is 37.1 Å². The average molecular weight is 510 g/mol. The van der Waals surface area contributed by atoms with E-state index in [1.54, 1.807) is 0 Å².